The lowest BCUT2D eigenvalue weighted by atomic mass is 9.98. The van der Waals surface area contributed by atoms with Crippen molar-refractivity contribution >= 4 is 22.7 Å². The first kappa shape index (κ1) is 24.0. The van der Waals surface area contributed by atoms with E-state index in [1.54, 1.807) is 18.1 Å². The molecular formula is C24H31N5O5. The van der Waals surface area contributed by atoms with Crippen LogP contribution in [0.2, 0.25) is 0 Å². The van der Waals surface area contributed by atoms with E-state index in [1.165, 1.54) is 0 Å². The predicted octanol–water partition coefficient (Wildman–Crippen LogP) is 1.12. The molecule has 1 aromatic heterocycles. The number of methoxy groups -OCH3 is 1. The van der Waals surface area contributed by atoms with Gasteiger partial charge < -0.3 is 29.8 Å². The Bertz CT molecular complexity index is 1080. The second-order valence-electron chi connectivity index (χ2n) is 8.75. The molecule has 3 heterocycles. The lowest BCUT2D eigenvalue weighted by molar-refractivity contribution is -0.122. The number of carbonyl (C=O) groups excluding carboxylic acids is 2. The van der Waals surface area contributed by atoms with Crippen molar-refractivity contribution in [3.8, 4) is 11.8 Å². The minimum atomic E-state index is -1.15. The molecule has 182 valence electrons. The van der Waals surface area contributed by atoms with Gasteiger partial charge in [-0.25, -0.2) is 0 Å². The smallest absolute Gasteiger partial charge is 0.270 e. The Kier molecular flexibility index (Phi) is 7.36. The second-order valence-corrected chi connectivity index (χ2v) is 8.75. The number of rotatable bonds is 9. The Hall–Kier alpha value is -3.13. The quantitative estimate of drug-likeness (QED) is 0.404. The molecule has 2 saturated heterocycles. The monoisotopic (exact) mass is 469 g/mol. The van der Waals surface area contributed by atoms with E-state index in [0.29, 0.717) is 50.4 Å². The third kappa shape index (κ3) is 4.87. The first-order valence-corrected chi connectivity index (χ1v) is 11.6. The van der Waals surface area contributed by atoms with Gasteiger partial charge in [-0.3, -0.25) is 14.9 Å². The summed E-state index contributed by atoms with van der Waals surface area (Å²) in [7, 11) is 1.58. The van der Waals surface area contributed by atoms with E-state index in [1.807, 2.05) is 25.1 Å². The zero-order valence-electron chi connectivity index (χ0n) is 19.4. The third-order valence-electron chi connectivity index (χ3n) is 6.62. The Morgan fingerprint density at radius 3 is 2.94 bits per heavy atom. The Labute approximate surface area is 198 Å². The molecule has 2 fully saturated rings. The molecule has 2 aliphatic heterocycles. The number of carbonyl (C=O) groups is 2. The van der Waals surface area contributed by atoms with Gasteiger partial charge in [-0.15, -0.1) is 0 Å². The number of ether oxygens (including phenoxy) is 2. The number of amides is 2. The van der Waals surface area contributed by atoms with Crippen LogP contribution in [0.25, 0.3) is 10.9 Å². The molecule has 0 radical (unpaired) electrons. The molecule has 0 spiro atoms. The third-order valence-corrected chi connectivity index (χ3v) is 6.62. The van der Waals surface area contributed by atoms with Crippen molar-refractivity contribution < 1.29 is 24.2 Å². The molecule has 0 bridgehead atoms. The number of nitriles is 1. The molecule has 5 atom stereocenters. The van der Waals surface area contributed by atoms with Gasteiger partial charge in [0, 0.05) is 36.5 Å². The zero-order chi connectivity index (χ0) is 24.2. The highest BCUT2D eigenvalue weighted by Crippen LogP contribution is 2.29. The van der Waals surface area contributed by atoms with Crippen LogP contribution in [0, 0.1) is 17.2 Å². The largest absolute Gasteiger partial charge is 0.496 e. The number of aromatic nitrogens is 1. The number of H-pyrrole nitrogens is 1. The van der Waals surface area contributed by atoms with Gasteiger partial charge in [0.2, 0.25) is 5.91 Å². The zero-order valence-corrected chi connectivity index (χ0v) is 19.4. The molecule has 2 aromatic rings. The van der Waals surface area contributed by atoms with Crippen LogP contribution in [0.1, 0.15) is 36.7 Å². The highest BCUT2D eigenvalue weighted by molar-refractivity contribution is 6.00. The summed E-state index contributed by atoms with van der Waals surface area (Å²) in [4.78, 5) is 30.1. The molecular weight excluding hydrogens is 438 g/mol. The van der Waals surface area contributed by atoms with Crippen LogP contribution in [-0.4, -0.2) is 78.0 Å². The first-order chi connectivity index (χ1) is 16.4. The maximum Gasteiger partial charge on any atom is 0.270 e. The van der Waals surface area contributed by atoms with Crippen molar-refractivity contribution in [2.75, 3.05) is 26.8 Å². The second kappa shape index (κ2) is 10.4. The number of aliphatic hydroxyl groups excluding tert-OH is 1. The fraction of sp³-hybridized carbons (Fsp3) is 0.542. The number of hydrogen-bond donors (Lipinski definition) is 4. The number of fused-ring (bicyclic) bond motifs is 1. The van der Waals surface area contributed by atoms with E-state index in [0.717, 1.165) is 10.9 Å². The molecule has 10 heteroatoms. The Morgan fingerprint density at radius 2 is 2.26 bits per heavy atom. The Morgan fingerprint density at radius 1 is 1.44 bits per heavy atom. The molecule has 10 nitrogen and oxygen atoms in total. The maximum atomic E-state index is 13.5. The van der Waals surface area contributed by atoms with Crippen LogP contribution < -0.4 is 15.4 Å². The highest BCUT2D eigenvalue weighted by Gasteiger charge is 2.41. The lowest BCUT2D eigenvalue weighted by Crippen LogP contribution is -2.52. The van der Waals surface area contributed by atoms with E-state index in [9.17, 15) is 20.0 Å². The molecule has 4 N–H and O–H groups in total. The van der Waals surface area contributed by atoms with Gasteiger partial charge in [-0.2, -0.15) is 5.26 Å². The molecule has 2 aliphatic rings. The van der Waals surface area contributed by atoms with Crippen molar-refractivity contribution in [3.05, 3.63) is 30.0 Å². The lowest BCUT2D eigenvalue weighted by Gasteiger charge is -2.30. The summed E-state index contributed by atoms with van der Waals surface area (Å²) in [5.41, 5.74) is 1.16. The Balaban J connectivity index is 1.52. The number of aromatic amines is 1. The summed E-state index contributed by atoms with van der Waals surface area (Å²) in [6.07, 6.45) is 0.0211. The van der Waals surface area contributed by atoms with Gasteiger partial charge in [-0.1, -0.05) is 6.07 Å². The van der Waals surface area contributed by atoms with Crippen LogP contribution in [0.4, 0.5) is 0 Å². The number of hydrogen-bond acceptors (Lipinski definition) is 7. The van der Waals surface area contributed by atoms with Gasteiger partial charge in [-0.05, 0) is 44.4 Å². The molecule has 5 unspecified atom stereocenters. The number of nitrogens with zero attached hydrogens (tertiary/aromatic N) is 2. The van der Waals surface area contributed by atoms with Crippen LogP contribution >= 0.6 is 0 Å². The normalized spacial score (nSPS) is 24.1. The minimum Gasteiger partial charge on any atom is -0.496 e. The topological polar surface area (TPSA) is 140 Å². The standard InChI is InChI=1S/C24H31N5O5/c1-3-34-16-10-20(23(31)27-15(12-25)9-14-7-8-26-22(14)30)29(13-16)24(32)19-11-17-18(28-19)5-4-6-21(17)33-2/h4-6,11,14-16,20,23,27-28,31H,3,7-10,13H2,1-2H3,(H,26,30). The molecule has 4 rings (SSSR count). The summed E-state index contributed by atoms with van der Waals surface area (Å²) in [6, 6.07) is 8.12. The fourth-order valence-electron chi connectivity index (χ4n) is 4.92. The summed E-state index contributed by atoms with van der Waals surface area (Å²) < 4.78 is 11.2. The van der Waals surface area contributed by atoms with Gasteiger partial charge in [0.1, 0.15) is 17.7 Å². The SMILES string of the molecule is CCOC1CC(C(O)NC(C#N)CC2CCNC2=O)N(C(=O)c2cc3c(OC)cccc3[nH]2)C1. The van der Waals surface area contributed by atoms with E-state index in [-0.39, 0.29) is 23.8 Å². The molecule has 0 saturated carbocycles. The van der Waals surface area contributed by atoms with E-state index in [4.69, 9.17) is 9.47 Å². The van der Waals surface area contributed by atoms with Crippen LogP contribution in [0.3, 0.4) is 0 Å². The van der Waals surface area contributed by atoms with Crippen molar-refractivity contribution in [1.82, 2.24) is 20.5 Å². The van der Waals surface area contributed by atoms with E-state index in [2.05, 4.69) is 21.7 Å². The number of nitrogens with one attached hydrogen (secondary N) is 3. The van der Waals surface area contributed by atoms with Gasteiger partial charge >= 0.3 is 0 Å². The minimum absolute atomic E-state index is 0.0696. The average Bonchev–Trinajstić information content (AvgIpc) is 3.56. The molecule has 34 heavy (non-hydrogen) atoms. The van der Waals surface area contributed by atoms with Gasteiger partial charge in [0.15, 0.2) is 0 Å². The number of likely N-dealkylation sites (tertiary alicyclic amines) is 1. The average molecular weight is 470 g/mol. The highest BCUT2D eigenvalue weighted by atomic mass is 16.5. The summed E-state index contributed by atoms with van der Waals surface area (Å²) in [5.74, 6) is 0.0606. The van der Waals surface area contributed by atoms with Crippen LogP contribution in [0.5, 0.6) is 5.75 Å². The summed E-state index contributed by atoms with van der Waals surface area (Å²) in [6.45, 7) is 3.30. The van der Waals surface area contributed by atoms with Crippen LogP contribution in [-0.2, 0) is 9.53 Å². The summed E-state index contributed by atoms with van der Waals surface area (Å²) in [5, 5.41) is 27.1. The first-order valence-electron chi connectivity index (χ1n) is 11.6. The van der Waals surface area contributed by atoms with E-state index >= 15 is 0 Å². The van der Waals surface area contributed by atoms with Crippen molar-refractivity contribution in [3.63, 3.8) is 0 Å². The van der Waals surface area contributed by atoms with Gasteiger partial charge in [0.25, 0.3) is 5.91 Å². The molecule has 2 amide bonds. The number of benzene rings is 1. The van der Waals surface area contributed by atoms with Crippen LogP contribution in [0.15, 0.2) is 24.3 Å². The predicted molar refractivity (Wildman–Crippen MR) is 124 cm³/mol. The van der Waals surface area contributed by atoms with E-state index < -0.39 is 18.3 Å². The van der Waals surface area contributed by atoms with Crippen molar-refractivity contribution in [2.24, 2.45) is 5.92 Å². The summed E-state index contributed by atoms with van der Waals surface area (Å²) >= 11 is 0. The maximum absolute atomic E-state index is 13.5. The van der Waals surface area contributed by atoms with Gasteiger partial charge in [0.05, 0.1) is 31.4 Å². The number of aliphatic hydroxyl groups is 1. The van der Waals surface area contributed by atoms with Crippen molar-refractivity contribution in [2.45, 2.75) is 50.6 Å². The fourth-order valence-corrected chi connectivity index (χ4v) is 4.92. The van der Waals surface area contributed by atoms with Crippen molar-refractivity contribution in [1.29, 1.82) is 5.26 Å². The molecule has 1 aromatic carbocycles. The molecule has 0 aliphatic carbocycles.